The first-order chi connectivity index (χ1) is 14.5. The van der Waals surface area contributed by atoms with Crippen molar-refractivity contribution in [2.24, 2.45) is 0 Å². The van der Waals surface area contributed by atoms with Crippen LogP contribution in [0.4, 0.5) is 11.4 Å². The predicted molar refractivity (Wildman–Crippen MR) is 117 cm³/mol. The molecule has 1 aliphatic rings. The van der Waals surface area contributed by atoms with Crippen LogP contribution in [0, 0.1) is 0 Å². The molecule has 0 saturated carbocycles. The Morgan fingerprint density at radius 2 is 1.10 bits per heavy atom. The van der Waals surface area contributed by atoms with Gasteiger partial charge in [0.2, 0.25) is 11.8 Å². The Kier molecular flexibility index (Phi) is 7.24. The largest absolute Gasteiger partial charge is 0.325 e. The molecule has 0 aliphatic heterocycles. The Bertz CT molecular complexity index is 940. The minimum Gasteiger partial charge on any atom is -0.325 e. The van der Waals surface area contributed by atoms with Gasteiger partial charge in [-0.15, -0.1) is 23.2 Å². The van der Waals surface area contributed by atoms with E-state index in [4.69, 9.17) is 23.2 Å². The molecule has 8 heteroatoms. The van der Waals surface area contributed by atoms with E-state index in [9.17, 15) is 19.2 Å². The van der Waals surface area contributed by atoms with E-state index in [0.29, 0.717) is 24.6 Å². The standard InChI is InChI=1S/C22H20Cl2N2O4/c23-11-3-7-17(27)25-15-9-10-16(26-18(28)8-4-12-24)20-19(15)21(29)13-5-1-2-6-14(13)22(20)30/h1-2,5-6,9-10H,3-4,7-8,11-12H2,(H,25,27)(H,26,28). The second-order valence-electron chi connectivity index (χ2n) is 6.80. The number of anilines is 2. The highest BCUT2D eigenvalue weighted by Gasteiger charge is 2.34. The lowest BCUT2D eigenvalue weighted by atomic mass is 9.82. The fraction of sp³-hybridized carbons (Fsp3) is 0.273. The van der Waals surface area contributed by atoms with Gasteiger partial charge in [-0.3, -0.25) is 19.2 Å². The van der Waals surface area contributed by atoms with Gasteiger partial charge in [0.1, 0.15) is 0 Å². The second kappa shape index (κ2) is 9.87. The molecule has 0 heterocycles. The summed E-state index contributed by atoms with van der Waals surface area (Å²) in [6.45, 7) is 0. The van der Waals surface area contributed by atoms with E-state index in [-0.39, 0.29) is 69.9 Å². The summed E-state index contributed by atoms with van der Waals surface area (Å²) < 4.78 is 0. The van der Waals surface area contributed by atoms with Crippen LogP contribution in [0.5, 0.6) is 0 Å². The van der Waals surface area contributed by atoms with E-state index < -0.39 is 0 Å². The van der Waals surface area contributed by atoms with Crippen molar-refractivity contribution in [3.05, 3.63) is 58.7 Å². The topological polar surface area (TPSA) is 92.3 Å². The van der Waals surface area contributed by atoms with Gasteiger partial charge >= 0.3 is 0 Å². The van der Waals surface area contributed by atoms with Crippen LogP contribution in [0.2, 0.25) is 0 Å². The number of carbonyl (C=O) groups is 4. The molecular weight excluding hydrogens is 427 g/mol. The number of rotatable bonds is 8. The van der Waals surface area contributed by atoms with Crippen molar-refractivity contribution in [2.45, 2.75) is 25.7 Å². The molecule has 2 N–H and O–H groups in total. The Labute approximate surface area is 183 Å². The van der Waals surface area contributed by atoms with Gasteiger partial charge in [-0.25, -0.2) is 0 Å². The third-order valence-corrected chi connectivity index (χ3v) is 5.23. The fourth-order valence-electron chi connectivity index (χ4n) is 3.31. The Morgan fingerprint density at radius 3 is 1.47 bits per heavy atom. The quantitative estimate of drug-likeness (QED) is 0.502. The van der Waals surface area contributed by atoms with Crippen LogP contribution < -0.4 is 10.6 Å². The van der Waals surface area contributed by atoms with Gasteiger partial charge < -0.3 is 10.6 Å². The highest BCUT2D eigenvalue weighted by Crippen LogP contribution is 2.36. The summed E-state index contributed by atoms with van der Waals surface area (Å²) in [7, 11) is 0. The van der Waals surface area contributed by atoms with Crippen LogP contribution in [0.15, 0.2) is 36.4 Å². The lowest BCUT2D eigenvalue weighted by Gasteiger charge is -2.23. The van der Waals surface area contributed by atoms with Crippen molar-refractivity contribution in [1.82, 2.24) is 0 Å². The van der Waals surface area contributed by atoms with Crippen LogP contribution in [0.1, 0.15) is 57.5 Å². The van der Waals surface area contributed by atoms with Gasteiger partial charge in [0.25, 0.3) is 0 Å². The third-order valence-electron chi connectivity index (χ3n) is 4.70. The molecule has 2 amide bonds. The maximum absolute atomic E-state index is 13.2. The molecule has 0 fully saturated rings. The first kappa shape index (κ1) is 22.0. The molecule has 2 aromatic carbocycles. The zero-order valence-corrected chi connectivity index (χ0v) is 17.6. The molecule has 156 valence electrons. The van der Waals surface area contributed by atoms with E-state index in [1.807, 2.05) is 0 Å². The number of ketones is 2. The van der Waals surface area contributed by atoms with Gasteiger partial charge in [0.05, 0.1) is 22.5 Å². The average Bonchev–Trinajstić information content (AvgIpc) is 2.75. The number of fused-ring (bicyclic) bond motifs is 2. The molecule has 0 saturated heterocycles. The number of alkyl halides is 2. The number of carbonyl (C=O) groups excluding carboxylic acids is 4. The van der Waals surface area contributed by atoms with Gasteiger partial charge in [0, 0.05) is 35.7 Å². The summed E-state index contributed by atoms with van der Waals surface area (Å²) in [5.74, 6) is -0.714. The highest BCUT2D eigenvalue weighted by atomic mass is 35.5. The van der Waals surface area contributed by atoms with Crippen molar-refractivity contribution in [2.75, 3.05) is 22.4 Å². The van der Waals surface area contributed by atoms with Gasteiger partial charge in [0.15, 0.2) is 11.6 Å². The highest BCUT2D eigenvalue weighted by molar-refractivity contribution is 6.32. The minimum atomic E-state index is -0.385. The number of hydrogen-bond acceptors (Lipinski definition) is 4. The van der Waals surface area contributed by atoms with Gasteiger partial charge in [-0.1, -0.05) is 24.3 Å². The molecule has 30 heavy (non-hydrogen) atoms. The van der Waals surface area contributed by atoms with Crippen LogP contribution in [-0.4, -0.2) is 35.1 Å². The summed E-state index contributed by atoms with van der Waals surface area (Å²) in [5.41, 5.74) is 1.14. The Morgan fingerprint density at radius 1 is 0.700 bits per heavy atom. The van der Waals surface area contributed by atoms with Gasteiger partial charge in [-0.2, -0.15) is 0 Å². The lowest BCUT2D eigenvalue weighted by Crippen LogP contribution is -2.26. The van der Waals surface area contributed by atoms with Crippen LogP contribution >= 0.6 is 23.2 Å². The van der Waals surface area contributed by atoms with Crippen molar-refractivity contribution in [1.29, 1.82) is 0 Å². The first-order valence-electron chi connectivity index (χ1n) is 9.55. The number of amides is 2. The zero-order chi connectivity index (χ0) is 21.7. The zero-order valence-electron chi connectivity index (χ0n) is 16.1. The van der Waals surface area contributed by atoms with Crippen LogP contribution in [0.3, 0.4) is 0 Å². The van der Waals surface area contributed by atoms with Crippen molar-refractivity contribution in [3.63, 3.8) is 0 Å². The van der Waals surface area contributed by atoms with Crippen LogP contribution in [0.25, 0.3) is 0 Å². The molecule has 0 bridgehead atoms. The van der Waals surface area contributed by atoms with Crippen molar-refractivity contribution >= 4 is 58.0 Å². The van der Waals surface area contributed by atoms with E-state index >= 15 is 0 Å². The molecule has 6 nitrogen and oxygen atoms in total. The molecule has 3 rings (SSSR count). The molecular formula is C22H20Cl2N2O4. The van der Waals surface area contributed by atoms with Crippen molar-refractivity contribution < 1.29 is 19.2 Å². The maximum Gasteiger partial charge on any atom is 0.224 e. The Balaban J connectivity index is 2.06. The lowest BCUT2D eigenvalue weighted by molar-refractivity contribution is -0.117. The SMILES string of the molecule is O=C(CCCCl)Nc1ccc(NC(=O)CCCCl)c2c1C(=O)c1ccccc1C2=O. The van der Waals surface area contributed by atoms with Gasteiger partial charge in [-0.05, 0) is 25.0 Å². The summed E-state index contributed by atoms with van der Waals surface area (Å²) in [6, 6.07) is 9.53. The number of hydrogen-bond donors (Lipinski definition) is 2. The fourth-order valence-corrected chi connectivity index (χ4v) is 3.58. The molecule has 1 aliphatic carbocycles. The monoisotopic (exact) mass is 446 g/mol. The van der Waals surface area contributed by atoms with E-state index in [0.717, 1.165) is 0 Å². The maximum atomic E-state index is 13.2. The van der Waals surface area contributed by atoms with E-state index in [1.54, 1.807) is 24.3 Å². The van der Waals surface area contributed by atoms with E-state index in [1.165, 1.54) is 12.1 Å². The minimum absolute atomic E-state index is 0.0769. The number of benzene rings is 2. The summed E-state index contributed by atoms with van der Waals surface area (Å²) >= 11 is 11.3. The number of halogens is 2. The molecule has 0 unspecified atom stereocenters. The van der Waals surface area contributed by atoms with Crippen molar-refractivity contribution in [3.8, 4) is 0 Å². The van der Waals surface area contributed by atoms with Crippen LogP contribution in [-0.2, 0) is 9.59 Å². The Hall–Kier alpha value is -2.70. The summed E-state index contributed by atoms with van der Waals surface area (Å²) in [5, 5.41) is 5.40. The number of nitrogens with one attached hydrogen (secondary N) is 2. The van der Waals surface area contributed by atoms with E-state index in [2.05, 4.69) is 10.6 Å². The summed E-state index contributed by atoms with van der Waals surface area (Å²) in [4.78, 5) is 50.9. The molecule has 2 aromatic rings. The predicted octanol–water partition coefficient (Wildman–Crippen LogP) is 4.38. The normalized spacial score (nSPS) is 12.2. The molecule has 0 atom stereocenters. The molecule has 0 radical (unpaired) electrons. The molecule has 0 spiro atoms. The first-order valence-corrected chi connectivity index (χ1v) is 10.6. The molecule has 0 aromatic heterocycles. The summed E-state index contributed by atoms with van der Waals surface area (Å²) in [6.07, 6.45) is 1.35. The smallest absolute Gasteiger partial charge is 0.224 e. The third kappa shape index (κ3) is 4.55. The second-order valence-corrected chi connectivity index (χ2v) is 7.55. The average molecular weight is 447 g/mol.